The van der Waals surface area contributed by atoms with Crippen LogP contribution in [0, 0.1) is 22.7 Å². The fourth-order valence-electron chi connectivity index (χ4n) is 1.42. The topological polar surface area (TPSA) is 84.9 Å². The minimum Gasteiger partial charge on any atom is -0.478 e. The molecule has 4 nitrogen and oxygen atoms in total. The van der Waals surface area contributed by atoms with E-state index in [1.54, 1.807) is 36.4 Å². The van der Waals surface area contributed by atoms with Gasteiger partial charge in [-0.15, -0.1) is 0 Å². The summed E-state index contributed by atoms with van der Waals surface area (Å²) in [6.45, 7) is 24.8. The van der Waals surface area contributed by atoms with Gasteiger partial charge in [-0.25, -0.2) is 4.79 Å². The van der Waals surface area contributed by atoms with Gasteiger partial charge in [-0.1, -0.05) is 155 Å². The molecule has 0 unspecified atom stereocenters. The number of carboxylic acids is 1. The smallest absolute Gasteiger partial charge is 0.330 e. The standard InChI is InChI=1S/C11H9N.C8H8.C4H6O2.2C4H6.C3H3N/c12-10-6-2-5-9-11-7-3-1-4-8-11;1-2-8-6-4-3-5-7-8;1-3(2)4(5)6;2*1-3-4-2;1-2-3-4/h1-9H;2-7H,1H2;1H2,2H3,(H,5,6);2*3-4H,1-2H2;2H,1H2. The quantitative estimate of drug-likeness (QED) is 0.240. The number of carboxylic acid groups (broad SMARTS) is 1. The molecule has 0 aliphatic heterocycles. The van der Waals surface area contributed by atoms with E-state index in [2.05, 4.69) is 46.1 Å². The molecule has 0 atom stereocenters. The van der Waals surface area contributed by atoms with Crippen molar-refractivity contribution >= 4 is 18.1 Å². The third-order valence-corrected chi connectivity index (χ3v) is 3.20. The summed E-state index contributed by atoms with van der Waals surface area (Å²) in [5, 5.41) is 23.6. The SMILES string of the molecule is C=C(C)C(=O)O.C=CC#N.C=CC=C.C=CC=C.C=Cc1ccccc1.N#CC=CC=Cc1ccccc1. The number of aliphatic carboxylic acids is 1. The first-order chi connectivity index (χ1) is 18.2. The summed E-state index contributed by atoms with van der Waals surface area (Å²) >= 11 is 0. The molecular weight excluding hydrogens is 468 g/mol. The molecule has 4 heteroatoms. The van der Waals surface area contributed by atoms with Crippen LogP contribution >= 0.6 is 0 Å². The second-order valence-electron chi connectivity index (χ2n) is 6.23. The molecule has 0 radical (unpaired) electrons. The molecule has 0 aliphatic carbocycles. The lowest BCUT2D eigenvalue weighted by Gasteiger charge is -1.87. The van der Waals surface area contributed by atoms with Gasteiger partial charge >= 0.3 is 5.97 Å². The van der Waals surface area contributed by atoms with Gasteiger partial charge in [0.05, 0.1) is 12.1 Å². The van der Waals surface area contributed by atoms with Crippen molar-refractivity contribution in [2.75, 3.05) is 0 Å². The van der Waals surface area contributed by atoms with Crippen molar-refractivity contribution in [1.82, 2.24) is 0 Å². The van der Waals surface area contributed by atoms with E-state index in [0.717, 1.165) is 5.56 Å². The highest BCUT2D eigenvalue weighted by atomic mass is 16.4. The van der Waals surface area contributed by atoms with Crippen LogP contribution in [0.25, 0.3) is 12.2 Å². The fraction of sp³-hybridized carbons (Fsp3) is 0.0294. The molecule has 0 bridgehead atoms. The third-order valence-electron chi connectivity index (χ3n) is 3.20. The third kappa shape index (κ3) is 40.9. The van der Waals surface area contributed by atoms with Gasteiger partial charge in [-0.2, -0.15) is 10.5 Å². The number of nitriles is 2. The van der Waals surface area contributed by atoms with Crippen LogP contribution in [0.2, 0.25) is 0 Å². The summed E-state index contributed by atoms with van der Waals surface area (Å²) in [6.07, 6.45) is 16.5. The number of nitrogens with zero attached hydrogens (tertiary/aromatic N) is 2. The first-order valence-electron chi connectivity index (χ1n) is 11.1. The van der Waals surface area contributed by atoms with E-state index in [4.69, 9.17) is 15.6 Å². The number of carbonyl (C=O) groups is 1. The zero-order valence-corrected chi connectivity index (χ0v) is 22.2. The molecule has 0 saturated carbocycles. The molecule has 2 aromatic rings. The average Bonchev–Trinajstić information content (AvgIpc) is 2.97. The van der Waals surface area contributed by atoms with Gasteiger partial charge in [0.1, 0.15) is 0 Å². The van der Waals surface area contributed by atoms with E-state index < -0.39 is 5.97 Å². The van der Waals surface area contributed by atoms with E-state index in [9.17, 15) is 4.79 Å². The van der Waals surface area contributed by atoms with Crippen molar-refractivity contribution in [1.29, 1.82) is 10.5 Å². The van der Waals surface area contributed by atoms with Crippen molar-refractivity contribution in [3.63, 3.8) is 0 Å². The maximum atomic E-state index is 9.60. The minimum atomic E-state index is -0.935. The number of hydrogen-bond donors (Lipinski definition) is 1. The van der Waals surface area contributed by atoms with Gasteiger partial charge in [0, 0.05) is 17.7 Å². The Balaban J connectivity index is -0.000000195. The highest BCUT2D eigenvalue weighted by molar-refractivity contribution is 5.84. The maximum absolute atomic E-state index is 9.60. The van der Waals surface area contributed by atoms with Crippen molar-refractivity contribution in [3.8, 4) is 12.1 Å². The lowest BCUT2D eigenvalue weighted by atomic mass is 10.2. The van der Waals surface area contributed by atoms with Gasteiger partial charge in [-0.05, 0) is 18.1 Å². The number of rotatable bonds is 6. The largest absolute Gasteiger partial charge is 0.478 e. The molecular formula is C34H38N2O2. The maximum Gasteiger partial charge on any atom is 0.330 e. The van der Waals surface area contributed by atoms with Crippen LogP contribution in [-0.2, 0) is 4.79 Å². The van der Waals surface area contributed by atoms with E-state index in [0.29, 0.717) is 0 Å². The summed E-state index contributed by atoms with van der Waals surface area (Å²) in [5.74, 6) is -0.935. The average molecular weight is 507 g/mol. The first kappa shape index (κ1) is 39.8. The summed E-state index contributed by atoms with van der Waals surface area (Å²) in [4.78, 5) is 9.60. The zero-order chi connectivity index (χ0) is 29.9. The Morgan fingerprint density at radius 2 is 1.11 bits per heavy atom. The van der Waals surface area contributed by atoms with Crippen LogP contribution in [0.5, 0.6) is 0 Å². The molecule has 2 aromatic carbocycles. The summed E-state index contributed by atoms with van der Waals surface area (Å²) in [7, 11) is 0. The number of benzene rings is 2. The molecule has 38 heavy (non-hydrogen) atoms. The molecule has 196 valence electrons. The number of allylic oxidation sites excluding steroid dienone is 8. The Morgan fingerprint density at radius 3 is 1.34 bits per heavy atom. The predicted molar refractivity (Wildman–Crippen MR) is 166 cm³/mol. The van der Waals surface area contributed by atoms with Gasteiger partial charge in [-0.3, -0.25) is 0 Å². The van der Waals surface area contributed by atoms with Crippen LogP contribution in [-0.4, -0.2) is 11.1 Å². The fourth-order valence-corrected chi connectivity index (χ4v) is 1.42. The van der Waals surface area contributed by atoms with Crippen molar-refractivity contribution in [2.45, 2.75) is 6.92 Å². The molecule has 0 spiro atoms. The van der Waals surface area contributed by atoms with Crippen LogP contribution < -0.4 is 0 Å². The molecule has 0 aromatic heterocycles. The Hall–Kier alpha value is -5.45. The summed E-state index contributed by atoms with van der Waals surface area (Å²) < 4.78 is 0. The van der Waals surface area contributed by atoms with Crippen molar-refractivity contribution in [2.24, 2.45) is 0 Å². The van der Waals surface area contributed by atoms with E-state index >= 15 is 0 Å². The summed E-state index contributed by atoms with van der Waals surface area (Å²) in [5.41, 5.74) is 2.49. The normalized spacial score (nSPS) is 7.76. The molecule has 0 aliphatic rings. The highest BCUT2D eigenvalue weighted by Gasteiger charge is 1.90. The van der Waals surface area contributed by atoms with E-state index in [1.165, 1.54) is 24.6 Å². The van der Waals surface area contributed by atoms with Gasteiger partial charge in [0.25, 0.3) is 0 Å². The van der Waals surface area contributed by atoms with Crippen molar-refractivity contribution in [3.05, 3.63) is 172 Å². The van der Waals surface area contributed by atoms with Gasteiger partial charge in [0.2, 0.25) is 0 Å². The Bertz CT molecular complexity index is 1040. The highest BCUT2D eigenvalue weighted by Crippen LogP contribution is 2.00. The Morgan fingerprint density at radius 1 is 0.737 bits per heavy atom. The van der Waals surface area contributed by atoms with E-state index in [-0.39, 0.29) is 5.57 Å². The second-order valence-corrected chi connectivity index (χ2v) is 6.23. The molecule has 0 fully saturated rings. The number of hydrogen-bond acceptors (Lipinski definition) is 3. The first-order valence-corrected chi connectivity index (χ1v) is 11.1. The summed E-state index contributed by atoms with van der Waals surface area (Å²) in [6, 6.07) is 23.6. The predicted octanol–water partition coefficient (Wildman–Crippen LogP) is 9.17. The molecule has 0 saturated heterocycles. The zero-order valence-electron chi connectivity index (χ0n) is 22.2. The molecule has 2 rings (SSSR count). The van der Waals surface area contributed by atoms with Gasteiger partial charge < -0.3 is 5.11 Å². The molecule has 1 N–H and O–H groups in total. The Kier molecular flexibility index (Phi) is 37.8. The minimum absolute atomic E-state index is 0.176. The van der Waals surface area contributed by atoms with Crippen molar-refractivity contribution < 1.29 is 9.90 Å². The lowest BCUT2D eigenvalue weighted by Crippen LogP contribution is -1.92. The Labute approximate surface area is 229 Å². The van der Waals surface area contributed by atoms with Gasteiger partial charge in [0.15, 0.2) is 0 Å². The van der Waals surface area contributed by atoms with Crippen LogP contribution in [0.3, 0.4) is 0 Å². The van der Waals surface area contributed by atoms with Crippen LogP contribution in [0.15, 0.2) is 161 Å². The van der Waals surface area contributed by atoms with Crippen LogP contribution in [0.1, 0.15) is 18.1 Å². The second kappa shape index (κ2) is 36.1. The molecule has 0 heterocycles. The van der Waals surface area contributed by atoms with E-state index in [1.807, 2.05) is 85.0 Å². The lowest BCUT2D eigenvalue weighted by molar-refractivity contribution is -0.132. The van der Waals surface area contributed by atoms with Crippen LogP contribution in [0.4, 0.5) is 0 Å². The molecule has 0 amide bonds. The monoisotopic (exact) mass is 506 g/mol.